The molecule has 5 heteroatoms. The van der Waals surface area contributed by atoms with Crippen molar-refractivity contribution in [2.45, 2.75) is 32.2 Å². The van der Waals surface area contributed by atoms with Crippen molar-refractivity contribution in [2.24, 2.45) is 7.05 Å². The third-order valence-electron chi connectivity index (χ3n) is 3.32. The van der Waals surface area contributed by atoms with Crippen LogP contribution in [0.5, 0.6) is 0 Å². The largest absolute Gasteiger partial charge is 0.396 e. The van der Waals surface area contributed by atoms with Gasteiger partial charge in [-0.2, -0.15) is 5.10 Å². The number of hydrogen-bond donors (Lipinski definition) is 1. The first kappa shape index (κ1) is 11.0. The summed E-state index contributed by atoms with van der Waals surface area (Å²) in [5.41, 5.74) is 6.64. The highest BCUT2D eigenvalue weighted by Crippen LogP contribution is 2.30. The first-order valence-corrected chi connectivity index (χ1v) is 5.53. The maximum Gasteiger partial charge on any atom is 0.274 e. The van der Waals surface area contributed by atoms with Crippen molar-refractivity contribution in [2.75, 3.05) is 12.3 Å². The molecule has 2 rings (SSSR count). The number of nitrogens with two attached hydrogens (primary N) is 1. The van der Waals surface area contributed by atoms with Crippen LogP contribution >= 0.6 is 0 Å². The summed E-state index contributed by atoms with van der Waals surface area (Å²) in [6.45, 7) is 4.98. The summed E-state index contributed by atoms with van der Waals surface area (Å²) in [6.07, 6.45) is 3.61. The molecule has 2 heterocycles. The van der Waals surface area contributed by atoms with E-state index < -0.39 is 0 Å². The lowest BCUT2D eigenvalue weighted by Crippen LogP contribution is -2.43. The molecule has 0 radical (unpaired) electrons. The number of anilines is 1. The average Bonchev–Trinajstić information content (AvgIpc) is 2.69. The van der Waals surface area contributed by atoms with Gasteiger partial charge in [-0.1, -0.05) is 0 Å². The second-order valence-corrected chi connectivity index (χ2v) is 4.94. The van der Waals surface area contributed by atoms with Gasteiger partial charge in [-0.05, 0) is 26.7 Å². The van der Waals surface area contributed by atoms with Gasteiger partial charge in [0.25, 0.3) is 5.91 Å². The summed E-state index contributed by atoms with van der Waals surface area (Å²) in [4.78, 5) is 14.2. The summed E-state index contributed by atoms with van der Waals surface area (Å²) in [5.74, 6) is -0.0139. The van der Waals surface area contributed by atoms with E-state index in [1.54, 1.807) is 11.7 Å². The van der Waals surface area contributed by atoms with Crippen molar-refractivity contribution >= 4 is 11.6 Å². The number of carbonyl (C=O) groups is 1. The van der Waals surface area contributed by atoms with Gasteiger partial charge in [0.1, 0.15) is 5.69 Å². The summed E-state index contributed by atoms with van der Waals surface area (Å²) in [7, 11) is 1.74. The fourth-order valence-electron chi connectivity index (χ4n) is 2.33. The van der Waals surface area contributed by atoms with Crippen LogP contribution in [-0.4, -0.2) is 32.7 Å². The van der Waals surface area contributed by atoms with Crippen LogP contribution in [0.15, 0.2) is 6.20 Å². The lowest BCUT2D eigenvalue weighted by molar-refractivity contribution is 0.0642. The number of carbonyl (C=O) groups excluding carboxylic acids is 1. The van der Waals surface area contributed by atoms with Gasteiger partial charge < -0.3 is 10.6 Å². The van der Waals surface area contributed by atoms with E-state index in [4.69, 9.17) is 5.73 Å². The van der Waals surface area contributed by atoms with Crippen LogP contribution in [0.2, 0.25) is 0 Å². The number of aryl methyl sites for hydroxylation is 1. The Kier molecular flexibility index (Phi) is 2.40. The second-order valence-electron chi connectivity index (χ2n) is 4.94. The van der Waals surface area contributed by atoms with E-state index in [0.717, 1.165) is 19.4 Å². The van der Waals surface area contributed by atoms with Crippen LogP contribution < -0.4 is 5.73 Å². The molecule has 5 nitrogen and oxygen atoms in total. The Morgan fingerprint density at radius 3 is 2.69 bits per heavy atom. The van der Waals surface area contributed by atoms with Crippen LogP contribution in [0.4, 0.5) is 5.69 Å². The Morgan fingerprint density at radius 2 is 2.25 bits per heavy atom. The topological polar surface area (TPSA) is 64.2 Å². The van der Waals surface area contributed by atoms with Crippen molar-refractivity contribution in [1.82, 2.24) is 14.7 Å². The molecule has 1 fully saturated rings. The van der Waals surface area contributed by atoms with Gasteiger partial charge in [-0.25, -0.2) is 0 Å². The zero-order valence-electron chi connectivity index (χ0n) is 10.0. The molecular weight excluding hydrogens is 204 g/mol. The van der Waals surface area contributed by atoms with E-state index in [1.165, 1.54) is 6.20 Å². The molecule has 88 valence electrons. The van der Waals surface area contributed by atoms with Crippen molar-refractivity contribution in [1.29, 1.82) is 0 Å². The van der Waals surface area contributed by atoms with Gasteiger partial charge in [0.05, 0.1) is 11.9 Å². The Balaban J connectivity index is 2.33. The zero-order valence-corrected chi connectivity index (χ0v) is 10.0. The number of nitrogens with zero attached hydrogens (tertiary/aromatic N) is 3. The highest BCUT2D eigenvalue weighted by atomic mass is 16.2. The molecule has 2 N–H and O–H groups in total. The molecule has 16 heavy (non-hydrogen) atoms. The number of amides is 1. The normalized spacial score (nSPS) is 19.1. The van der Waals surface area contributed by atoms with E-state index >= 15 is 0 Å². The van der Waals surface area contributed by atoms with Crippen LogP contribution in [0.1, 0.15) is 37.2 Å². The smallest absolute Gasteiger partial charge is 0.274 e. The Hall–Kier alpha value is -1.52. The second kappa shape index (κ2) is 3.50. The first-order valence-electron chi connectivity index (χ1n) is 5.53. The molecule has 0 atom stereocenters. The highest BCUT2D eigenvalue weighted by molar-refractivity contribution is 5.97. The van der Waals surface area contributed by atoms with Crippen molar-refractivity contribution in [3.05, 3.63) is 11.9 Å². The third kappa shape index (κ3) is 1.56. The van der Waals surface area contributed by atoms with Crippen molar-refractivity contribution in [3.8, 4) is 0 Å². The summed E-state index contributed by atoms with van der Waals surface area (Å²) in [6, 6.07) is 0. The molecule has 1 aromatic heterocycles. The van der Waals surface area contributed by atoms with E-state index in [-0.39, 0.29) is 11.4 Å². The Labute approximate surface area is 95.2 Å². The molecule has 1 aliphatic heterocycles. The third-order valence-corrected chi connectivity index (χ3v) is 3.32. The Bertz CT molecular complexity index is 402. The van der Waals surface area contributed by atoms with Crippen LogP contribution in [-0.2, 0) is 7.05 Å². The van der Waals surface area contributed by atoms with Gasteiger partial charge in [0.2, 0.25) is 0 Å². The minimum Gasteiger partial charge on any atom is -0.396 e. The molecule has 0 saturated carbocycles. The standard InChI is InChI=1S/C11H18N4O/c1-11(2)5-4-6-15(11)10(16)9-8(12)7-13-14(9)3/h7H,4-6,12H2,1-3H3. The predicted octanol–water partition coefficient (Wildman–Crippen LogP) is 1.02. The SMILES string of the molecule is Cn1ncc(N)c1C(=O)N1CCCC1(C)C. The molecule has 1 saturated heterocycles. The number of rotatable bonds is 1. The van der Waals surface area contributed by atoms with Crippen molar-refractivity contribution < 1.29 is 4.79 Å². The molecule has 0 aliphatic carbocycles. The molecule has 0 spiro atoms. The van der Waals surface area contributed by atoms with Crippen LogP contribution in [0, 0.1) is 0 Å². The molecule has 1 aliphatic rings. The molecule has 0 aromatic carbocycles. The highest BCUT2D eigenvalue weighted by Gasteiger charge is 2.37. The van der Waals surface area contributed by atoms with E-state index in [2.05, 4.69) is 18.9 Å². The molecule has 0 unspecified atom stereocenters. The molecule has 0 bridgehead atoms. The fourth-order valence-corrected chi connectivity index (χ4v) is 2.33. The van der Waals surface area contributed by atoms with E-state index in [0.29, 0.717) is 11.4 Å². The van der Waals surface area contributed by atoms with Gasteiger partial charge in [0.15, 0.2) is 0 Å². The average molecular weight is 222 g/mol. The molecular formula is C11H18N4O. The van der Waals surface area contributed by atoms with Crippen LogP contribution in [0.3, 0.4) is 0 Å². The fraction of sp³-hybridized carbons (Fsp3) is 0.636. The summed E-state index contributed by atoms with van der Waals surface area (Å²) in [5, 5.41) is 4.00. The quantitative estimate of drug-likeness (QED) is 0.771. The van der Waals surface area contributed by atoms with Gasteiger partial charge >= 0.3 is 0 Å². The van der Waals surface area contributed by atoms with E-state index in [1.807, 2.05) is 4.90 Å². The summed E-state index contributed by atoms with van der Waals surface area (Å²) >= 11 is 0. The molecule has 1 aromatic rings. The first-order chi connectivity index (χ1) is 7.43. The minimum atomic E-state index is -0.0756. The number of likely N-dealkylation sites (tertiary alicyclic amines) is 1. The Morgan fingerprint density at radius 1 is 1.56 bits per heavy atom. The van der Waals surface area contributed by atoms with Gasteiger partial charge in [-0.15, -0.1) is 0 Å². The monoisotopic (exact) mass is 222 g/mol. The predicted molar refractivity (Wildman–Crippen MR) is 62.0 cm³/mol. The van der Waals surface area contributed by atoms with Crippen molar-refractivity contribution in [3.63, 3.8) is 0 Å². The minimum absolute atomic E-state index is 0.0139. The number of aromatic nitrogens is 2. The number of nitrogen functional groups attached to an aromatic ring is 1. The maximum atomic E-state index is 12.4. The summed E-state index contributed by atoms with van der Waals surface area (Å²) < 4.78 is 1.55. The molecule has 1 amide bonds. The lowest BCUT2D eigenvalue weighted by atomic mass is 10.0. The van der Waals surface area contributed by atoms with Gasteiger partial charge in [0, 0.05) is 19.1 Å². The van der Waals surface area contributed by atoms with E-state index in [9.17, 15) is 4.79 Å². The zero-order chi connectivity index (χ0) is 11.9. The maximum absolute atomic E-state index is 12.4. The van der Waals surface area contributed by atoms with Gasteiger partial charge in [-0.3, -0.25) is 9.48 Å². The van der Waals surface area contributed by atoms with Crippen LogP contribution in [0.25, 0.3) is 0 Å². The number of hydrogen-bond acceptors (Lipinski definition) is 3. The lowest BCUT2D eigenvalue weighted by Gasteiger charge is -2.31.